The minimum absolute atomic E-state index is 0.299. The maximum absolute atomic E-state index is 12.0. The Hall–Kier alpha value is -1.56. The van der Waals surface area contributed by atoms with E-state index in [0.717, 1.165) is 12.8 Å². The van der Waals surface area contributed by atoms with E-state index in [1.807, 2.05) is 6.92 Å². The van der Waals surface area contributed by atoms with Gasteiger partial charge >= 0.3 is 5.97 Å². The van der Waals surface area contributed by atoms with Crippen molar-refractivity contribution in [2.75, 3.05) is 12.3 Å². The molecule has 20 heavy (non-hydrogen) atoms. The number of esters is 1. The van der Waals surface area contributed by atoms with Crippen molar-refractivity contribution >= 4 is 33.5 Å². The molecule has 1 amide bonds. The van der Waals surface area contributed by atoms with Crippen molar-refractivity contribution in [3.63, 3.8) is 0 Å². The number of nitrogens with one attached hydrogen (secondary N) is 1. The smallest absolute Gasteiger partial charge is 0.340 e. The second-order valence-corrected chi connectivity index (χ2v) is 5.19. The highest BCUT2D eigenvalue weighted by atomic mass is 79.9. The number of nitrogen functional groups attached to an aromatic ring is 1. The molecule has 0 fully saturated rings. The average molecular weight is 343 g/mol. The molecule has 3 N–H and O–H groups in total. The summed E-state index contributed by atoms with van der Waals surface area (Å²) in [5, 5.41) is 2.71. The van der Waals surface area contributed by atoms with Gasteiger partial charge in [-0.3, -0.25) is 4.79 Å². The highest BCUT2D eigenvalue weighted by molar-refractivity contribution is 9.10. The first-order chi connectivity index (χ1) is 9.47. The van der Waals surface area contributed by atoms with Crippen molar-refractivity contribution in [1.82, 2.24) is 5.32 Å². The lowest BCUT2D eigenvalue weighted by Crippen LogP contribution is -2.36. The van der Waals surface area contributed by atoms with Crippen LogP contribution in [0.2, 0.25) is 0 Å². The molecular weight excluding hydrogens is 324 g/mol. The molecule has 6 heteroatoms. The van der Waals surface area contributed by atoms with Gasteiger partial charge in [0.05, 0.1) is 10.0 Å². The van der Waals surface area contributed by atoms with E-state index in [4.69, 9.17) is 10.5 Å². The van der Waals surface area contributed by atoms with E-state index in [2.05, 4.69) is 21.2 Å². The summed E-state index contributed by atoms with van der Waals surface area (Å²) in [6.45, 7) is 4.16. The highest BCUT2D eigenvalue weighted by Crippen LogP contribution is 2.24. The van der Waals surface area contributed by atoms with Crippen molar-refractivity contribution in [2.24, 2.45) is 0 Å². The number of halogens is 1. The molecule has 0 aromatic heterocycles. The number of carbonyl (C=O) groups is 2. The summed E-state index contributed by atoms with van der Waals surface area (Å²) in [5.74, 6) is -0.880. The van der Waals surface area contributed by atoms with Gasteiger partial charge in [0.1, 0.15) is 0 Å². The number of hydrogen-bond donors (Lipinski definition) is 2. The van der Waals surface area contributed by atoms with Crippen LogP contribution >= 0.6 is 15.9 Å². The van der Waals surface area contributed by atoms with E-state index in [1.165, 1.54) is 0 Å². The molecule has 1 aromatic carbocycles. The van der Waals surface area contributed by atoms with E-state index < -0.39 is 12.1 Å². The monoisotopic (exact) mass is 342 g/mol. The first kappa shape index (κ1) is 16.5. The van der Waals surface area contributed by atoms with Gasteiger partial charge < -0.3 is 15.8 Å². The summed E-state index contributed by atoms with van der Waals surface area (Å²) < 4.78 is 5.60. The molecular formula is C14H19BrN2O3. The SMILES string of the molecule is CCCCNC(=O)C(C)OC(=O)c1cccc(N)c1Br. The van der Waals surface area contributed by atoms with Crippen molar-refractivity contribution in [1.29, 1.82) is 0 Å². The number of amides is 1. The van der Waals surface area contributed by atoms with Crippen LogP contribution in [0.25, 0.3) is 0 Å². The van der Waals surface area contributed by atoms with Crippen LogP contribution in [0.1, 0.15) is 37.0 Å². The zero-order chi connectivity index (χ0) is 15.1. The highest BCUT2D eigenvalue weighted by Gasteiger charge is 2.20. The zero-order valence-corrected chi connectivity index (χ0v) is 13.2. The number of ether oxygens (including phenoxy) is 1. The second-order valence-electron chi connectivity index (χ2n) is 4.40. The van der Waals surface area contributed by atoms with Crippen molar-refractivity contribution in [3.05, 3.63) is 28.2 Å². The molecule has 0 saturated carbocycles. The van der Waals surface area contributed by atoms with Crippen molar-refractivity contribution < 1.29 is 14.3 Å². The van der Waals surface area contributed by atoms with Crippen LogP contribution in [0.5, 0.6) is 0 Å². The van der Waals surface area contributed by atoms with Gasteiger partial charge in [0, 0.05) is 12.2 Å². The number of hydrogen-bond acceptors (Lipinski definition) is 4. The Balaban J connectivity index is 2.61. The van der Waals surface area contributed by atoms with Crippen LogP contribution in [0.4, 0.5) is 5.69 Å². The maximum Gasteiger partial charge on any atom is 0.340 e. The summed E-state index contributed by atoms with van der Waals surface area (Å²) in [4.78, 5) is 23.7. The van der Waals surface area contributed by atoms with E-state index in [-0.39, 0.29) is 5.91 Å². The fourth-order valence-corrected chi connectivity index (χ4v) is 1.94. The van der Waals surface area contributed by atoms with Crippen LogP contribution in [0.3, 0.4) is 0 Å². The quantitative estimate of drug-likeness (QED) is 0.472. The first-order valence-electron chi connectivity index (χ1n) is 6.50. The molecule has 1 unspecified atom stereocenters. The number of carbonyl (C=O) groups excluding carboxylic acids is 2. The molecule has 5 nitrogen and oxygen atoms in total. The van der Waals surface area contributed by atoms with E-state index >= 15 is 0 Å². The van der Waals surface area contributed by atoms with E-state index in [9.17, 15) is 9.59 Å². The predicted molar refractivity (Wildman–Crippen MR) is 81.3 cm³/mol. The standard InChI is InChI=1S/C14H19BrN2O3/c1-3-4-8-17-13(18)9(2)20-14(19)10-6-5-7-11(16)12(10)15/h5-7,9H,3-4,8,16H2,1-2H3,(H,17,18). The van der Waals surface area contributed by atoms with Crippen LogP contribution in [-0.4, -0.2) is 24.5 Å². The molecule has 1 rings (SSSR count). The molecule has 0 saturated heterocycles. The number of anilines is 1. The summed E-state index contributed by atoms with van der Waals surface area (Å²) in [7, 11) is 0. The van der Waals surface area contributed by atoms with Gasteiger partial charge in [0.2, 0.25) is 0 Å². The lowest BCUT2D eigenvalue weighted by molar-refractivity contribution is -0.129. The molecule has 0 aliphatic heterocycles. The maximum atomic E-state index is 12.0. The molecule has 1 atom stereocenters. The minimum Gasteiger partial charge on any atom is -0.449 e. The van der Waals surface area contributed by atoms with Gasteiger partial charge in [0.25, 0.3) is 5.91 Å². The topological polar surface area (TPSA) is 81.4 Å². The first-order valence-corrected chi connectivity index (χ1v) is 7.29. The van der Waals surface area contributed by atoms with Crippen LogP contribution in [0.15, 0.2) is 22.7 Å². The molecule has 0 spiro atoms. The second kappa shape index (κ2) is 7.89. The molecule has 1 aromatic rings. The van der Waals surface area contributed by atoms with E-state index in [0.29, 0.717) is 22.3 Å². The Kier molecular flexibility index (Phi) is 6.51. The Labute approximate surface area is 127 Å². The van der Waals surface area contributed by atoms with Crippen LogP contribution < -0.4 is 11.1 Å². The Bertz CT molecular complexity index is 491. The predicted octanol–water partition coefficient (Wildman–Crippen LogP) is 2.49. The third-order valence-electron chi connectivity index (χ3n) is 2.73. The van der Waals surface area contributed by atoms with Gasteiger partial charge in [-0.1, -0.05) is 19.4 Å². The largest absolute Gasteiger partial charge is 0.449 e. The molecule has 0 heterocycles. The average Bonchev–Trinajstić information content (AvgIpc) is 2.41. The molecule has 0 aliphatic carbocycles. The Morgan fingerprint density at radius 2 is 2.15 bits per heavy atom. The summed E-state index contributed by atoms with van der Waals surface area (Å²) in [6.07, 6.45) is 1.05. The van der Waals surface area contributed by atoms with E-state index in [1.54, 1.807) is 25.1 Å². The van der Waals surface area contributed by atoms with Crippen LogP contribution in [-0.2, 0) is 9.53 Å². The third kappa shape index (κ3) is 4.52. The molecule has 0 bridgehead atoms. The zero-order valence-electron chi connectivity index (χ0n) is 11.6. The number of unbranched alkanes of at least 4 members (excludes halogenated alkanes) is 1. The van der Waals surface area contributed by atoms with Gasteiger partial charge in [-0.2, -0.15) is 0 Å². The third-order valence-corrected chi connectivity index (χ3v) is 3.62. The van der Waals surface area contributed by atoms with Gasteiger partial charge in [-0.05, 0) is 41.4 Å². The fraction of sp³-hybridized carbons (Fsp3) is 0.429. The molecule has 0 radical (unpaired) electrons. The fourth-order valence-electron chi connectivity index (χ4n) is 1.52. The summed E-state index contributed by atoms with van der Waals surface area (Å²) >= 11 is 3.23. The Morgan fingerprint density at radius 1 is 1.45 bits per heavy atom. The van der Waals surface area contributed by atoms with Gasteiger partial charge in [-0.15, -0.1) is 0 Å². The lowest BCUT2D eigenvalue weighted by atomic mass is 10.2. The van der Waals surface area contributed by atoms with Gasteiger partial charge in [0.15, 0.2) is 6.10 Å². The summed E-state index contributed by atoms with van der Waals surface area (Å²) in [6, 6.07) is 4.91. The van der Waals surface area contributed by atoms with Crippen LogP contribution in [0, 0.1) is 0 Å². The number of rotatable bonds is 6. The van der Waals surface area contributed by atoms with Gasteiger partial charge in [-0.25, -0.2) is 4.79 Å². The number of nitrogens with two attached hydrogens (primary N) is 1. The molecule has 0 aliphatic rings. The van der Waals surface area contributed by atoms with Crippen molar-refractivity contribution in [3.8, 4) is 0 Å². The minimum atomic E-state index is -0.840. The summed E-state index contributed by atoms with van der Waals surface area (Å²) in [5.41, 5.74) is 6.44. The van der Waals surface area contributed by atoms with Crippen molar-refractivity contribution in [2.45, 2.75) is 32.8 Å². The number of benzene rings is 1. The lowest BCUT2D eigenvalue weighted by Gasteiger charge is -2.14. The molecule has 110 valence electrons. The Morgan fingerprint density at radius 3 is 2.80 bits per heavy atom. The normalized spacial score (nSPS) is 11.8.